The van der Waals surface area contributed by atoms with Crippen LogP contribution in [0.1, 0.15) is 6.92 Å². The first-order valence-corrected chi connectivity index (χ1v) is 6.58. The third kappa shape index (κ3) is 3.21. The molecule has 0 aliphatic heterocycles. The molecule has 0 saturated carbocycles. The highest BCUT2D eigenvalue weighted by Crippen LogP contribution is 2.14. The van der Waals surface area contributed by atoms with E-state index in [1.165, 1.54) is 6.33 Å². The van der Waals surface area contributed by atoms with E-state index < -0.39 is 6.10 Å². The number of nitrogen functional groups attached to an aromatic ring is 1. The molecule has 20 heavy (non-hydrogen) atoms. The van der Waals surface area contributed by atoms with Crippen LogP contribution < -0.4 is 5.73 Å². The molecule has 0 aliphatic carbocycles. The van der Waals surface area contributed by atoms with E-state index in [2.05, 4.69) is 15.0 Å². The van der Waals surface area contributed by atoms with Crippen molar-refractivity contribution in [3.8, 4) is 0 Å². The molecule has 0 fully saturated rings. The van der Waals surface area contributed by atoms with Crippen molar-refractivity contribution in [1.29, 1.82) is 0 Å². The summed E-state index contributed by atoms with van der Waals surface area (Å²) in [4.78, 5) is 14.1. The number of nitrogens with zero attached hydrogens (tertiary/aromatic N) is 5. The van der Waals surface area contributed by atoms with Crippen LogP contribution in [0.25, 0.3) is 11.2 Å². The van der Waals surface area contributed by atoms with Crippen molar-refractivity contribution in [1.82, 2.24) is 24.4 Å². The summed E-state index contributed by atoms with van der Waals surface area (Å²) in [6.07, 6.45) is 2.41. The monoisotopic (exact) mass is 280 g/mol. The maximum absolute atomic E-state index is 10.1. The number of fused-ring (bicyclic) bond motifs is 1. The Morgan fingerprint density at radius 2 is 2.20 bits per heavy atom. The summed E-state index contributed by atoms with van der Waals surface area (Å²) < 4.78 is 1.75. The zero-order chi connectivity index (χ0) is 14.5. The molecule has 0 saturated heterocycles. The molecule has 2 aromatic rings. The number of hydrogen-bond donors (Lipinski definition) is 3. The van der Waals surface area contributed by atoms with Crippen molar-refractivity contribution in [3.63, 3.8) is 0 Å². The Balaban J connectivity index is 2.06. The van der Waals surface area contributed by atoms with Gasteiger partial charge in [-0.15, -0.1) is 0 Å². The van der Waals surface area contributed by atoms with Gasteiger partial charge in [-0.05, 0) is 6.54 Å². The van der Waals surface area contributed by atoms with Gasteiger partial charge in [-0.2, -0.15) is 0 Å². The van der Waals surface area contributed by atoms with Crippen LogP contribution in [0.15, 0.2) is 12.7 Å². The first-order valence-electron chi connectivity index (χ1n) is 6.58. The van der Waals surface area contributed by atoms with Gasteiger partial charge in [0.2, 0.25) is 0 Å². The van der Waals surface area contributed by atoms with Crippen molar-refractivity contribution in [2.24, 2.45) is 0 Å². The van der Waals surface area contributed by atoms with Crippen LogP contribution in [0, 0.1) is 0 Å². The maximum Gasteiger partial charge on any atom is 0.165 e. The number of imidazole rings is 1. The predicted octanol–water partition coefficient (Wildman–Crippen LogP) is -0.916. The van der Waals surface area contributed by atoms with E-state index in [9.17, 15) is 5.11 Å². The van der Waals surface area contributed by atoms with Crippen LogP contribution in [-0.2, 0) is 6.54 Å². The Bertz CT molecular complexity index is 558. The Hall–Kier alpha value is -1.77. The molecular weight excluding hydrogens is 260 g/mol. The van der Waals surface area contributed by atoms with Gasteiger partial charge in [-0.25, -0.2) is 15.0 Å². The van der Waals surface area contributed by atoms with E-state index in [0.29, 0.717) is 36.6 Å². The molecule has 0 amide bonds. The summed E-state index contributed by atoms with van der Waals surface area (Å²) in [7, 11) is 0. The largest absolute Gasteiger partial charge is 0.395 e. The van der Waals surface area contributed by atoms with Gasteiger partial charge in [0.15, 0.2) is 11.5 Å². The summed E-state index contributed by atoms with van der Waals surface area (Å²) >= 11 is 0. The first-order chi connectivity index (χ1) is 9.65. The molecule has 2 aromatic heterocycles. The standard InChI is InChI=1S/C12H20N6O2/c1-2-17(3-4-19)5-9(20)6-18-8-16-10-11(13)14-7-15-12(10)18/h7-9,19-20H,2-6H2,1H3,(H2,13,14,15). The van der Waals surface area contributed by atoms with E-state index in [1.807, 2.05) is 11.8 Å². The van der Waals surface area contributed by atoms with Gasteiger partial charge in [0.25, 0.3) is 0 Å². The topological polar surface area (TPSA) is 113 Å². The van der Waals surface area contributed by atoms with Crippen LogP contribution in [0.5, 0.6) is 0 Å². The van der Waals surface area contributed by atoms with E-state index in [0.717, 1.165) is 6.54 Å². The number of nitrogens with two attached hydrogens (primary N) is 1. The minimum Gasteiger partial charge on any atom is -0.395 e. The van der Waals surface area contributed by atoms with Gasteiger partial charge in [-0.3, -0.25) is 4.90 Å². The third-order valence-electron chi connectivity index (χ3n) is 3.17. The van der Waals surface area contributed by atoms with Crippen molar-refractivity contribution in [2.75, 3.05) is 32.0 Å². The minimum absolute atomic E-state index is 0.0817. The van der Waals surface area contributed by atoms with Gasteiger partial charge in [0, 0.05) is 13.1 Å². The summed E-state index contributed by atoms with van der Waals surface area (Å²) in [5.74, 6) is 0.332. The molecule has 0 spiro atoms. The molecule has 2 heterocycles. The normalized spacial score (nSPS) is 13.2. The Labute approximate surface area is 116 Å². The fourth-order valence-corrected chi connectivity index (χ4v) is 2.14. The number of aromatic nitrogens is 4. The summed E-state index contributed by atoms with van der Waals surface area (Å²) in [6, 6.07) is 0. The number of anilines is 1. The van der Waals surface area contributed by atoms with E-state index in [-0.39, 0.29) is 6.61 Å². The van der Waals surface area contributed by atoms with E-state index in [4.69, 9.17) is 10.8 Å². The highest BCUT2D eigenvalue weighted by atomic mass is 16.3. The van der Waals surface area contributed by atoms with Crippen LogP contribution in [-0.4, -0.2) is 67.0 Å². The van der Waals surface area contributed by atoms with Crippen molar-refractivity contribution in [2.45, 2.75) is 19.6 Å². The first kappa shape index (κ1) is 14.6. The van der Waals surface area contributed by atoms with E-state index in [1.54, 1.807) is 10.9 Å². The van der Waals surface area contributed by atoms with Crippen molar-refractivity contribution < 1.29 is 10.2 Å². The van der Waals surface area contributed by atoms with Crippen LogP contribution in [0.2, 0.25) is 0 Å². The molecule has 110 valence electrons. The number of likely N-dealkylation sites (N-methyl/N-ethyl adjacent to an activating group) is 1. The Kier molecular flexibility index (Phi) is 4.83. The molecule has 4 N–H and O–H groups in total. The summed E-state index contributed by atoms with van der Waals surface area (Å²) in [6.45, 7) is 4.25. The summed E-state index contributed by atoms with van der Waals surface area (Å²) in [5.41, 5.74) is 6.87. The van der Waals surface area contributed by atoms with Crippen molar-refractivity contribution >= 4 is 17.0 Å². The smallest absolute Gasteiger partial charge is 0.165 e. The maximum atomic E-state index is 10.1. The van der Waals surface area contributed by atoms with Crippen molar-refractivity contribution in [3.05, 3.63) is 12.7 Å². The lowest BCUT2D eigenvalue weighted by atomic mass is 10.3. The lowest BCUT2D eigenvalue weighted by Crippen LogP contribution is -2.36. The fourth-order valence-electron chi connectivity index (χ4n) is 2.14. The predicted molar refractivity (Wildman–Crippen MR) is 74.9 cm³/mol. The van der Waals surface area contributed by atoms with Crippen LogP contribution >= 0.6 is 0 Å². The Morgan fingerprint density at radius 1 is 1.40 bits per heavy atom. The zero-order valence-electron chi connectivity index (χ0n) is 11.5. The fraction of sp³-hybridized carbons (Fsp3) is 0.583. The highest BCUT2D eigenvalue weighted by molar-refractivity contribution is 5.81. The minimum atomic E-state index is -0.574. The Morgan fingerprint density at radius 3 is 2.90 bits per heavy atom. The second kappa shape index (κ2) is 6.60. The average molecular weight is 280 g/mol. The van der Waals surface area contributed by atoms with Gasteiger partial charge < -0.3 is 20.5 Å². The average Bonchev–Trinajstić information content (AvgIpc) is 2.83. The van der Waals surface area contributed by atoms with E-state index >= 15 is 0 Å². The molecule has 8 heteroatoms. The summed E-state index contributed by atoms with van der Waals surface area (Å²) in [5, 5.41) is 19.1. The number of aliphatic hydroxyl groups is 2. The lowest BCUT2D eigenvalue weighted by molar-refractivity contribution is 0.0910. The van der Waals surface area contributed by atoms with Crippen LogP contribution in [0.4, 0.5) is 5.82 Å². The molecule has 0 aromatic carbocycles. The number of rotatable bonds is 7. The molecule has 1 unspecified atom stereocenters. The molecule has 8 nitrogen and oxygen atoms in total. The SMILES string of the molecule is CCN(CCO)CC(O)Cn1cnc2c(N)ncnc21. The third-order valence-corrected chi connectivity index (χ3v) is 3.17. The quantitative estimate of drug-likeness (QED) is 0.601. The molecule has 0 bridgehead atoms. The van der Waals surface area contributed by atoms with Crippen LogP contribution in [0.3, 0.4) is 0 Å². The van der Waals surface area contributed by atoms with Gasteiger partial charge >= 0.3 is 0 Å². The molecule has 0 aliphatic rings. The highest BCUT2D eigenvalue weighted by Gasteiger charge is 2.14. The molecule has 2 rings (SSSR count). The molecule has 1 atom stereocenters. The number of aliphatic hydroxyl groups excluding tert-OH is 2. The molecular formula is C12H20N6O2. The zero-order valence-corrected chi connectivity index (χ0v) is 11.5. The molecule has 0 radical (unpaired) electrons. The second-order valence-electron chi connectivity index (χ2n) is 4.60. The van der Waals surface area contributed by atoms with Gasteiger partial charge in [0.05, 0.1) is 25.6 Å². The number of hydrogen-bond acceptors (Lipinski definition) is 7. The lowest BCUT2D eigenvalue weighted by Gasteiger charge is -2.22. The van der Waals surface area contributed by atoms with Gasteiger partial charge in [0.1, 0.15) is 11.8 Å². The second-order valence-corrected chi connectivity index (χ2v) is 4.60. The van der Waals surface area contributed by atoms with Gasteiger partial charge in [-0.1, -0.05) is 6.92 Å².